The van der Waals surface area contributed by atoms with E-state index in [9.17, 15) is 22.8 Å². The van der Waals surface area contributed by atoms with Gasteiger partial charge in [0, 0.05) is 29.3 Å². The number of hydrogen-bond acceptors (Lipinski definition) is 10. The molecule has 6 bridgehead atoms. The van der Waals surface area contributed by atoms with Crippen molar-refractivity contribution in [2.75, 3.05) is 11.9 Å². The number of ether oxygens (including phenoxy) is 1. The molecule has 50 heavy (non-hydrogen) atoms. The number of amides is 3. The fourth-order valence-electron chi connectivity index (χ4n) is 6.84. The predicted octanol–water partition coefficient (Wildman–Crippen LogP) is 4.20. The lowest BCUT2D eigenvalue weighted by Gasteiger charge is -2.32. The van der Waals surface area contributed by atoms with E-state index in [0.717, 1.165) is 34.9 Å². The number of allylic oxidation sites excluding steroid dienone is 1. The number of aryl methyl sites for hydroxylation is 1. The Morgan fingerprint density at radius 2 is 2.10 bits per heavy atom. The average molecular weight is 719 g/mol. The fourth-order valence-corrected chi connectivity index (χ4v) is 8.99. The molecule has 3 fully saturated rings. The van der Waals surface area contributed by atoms with Gasteiger partial charge in [0.15, 0.2) is 5.13 Å². The van der Waals surface area contributed by atoms with Crippen LogP contribution in [-0.4, -0.2) is 76.5 Å². The van der Waals surface area contributed by atoms with Gasteiger partial charge in [-0.1, -0.05) is 50.6 Å². The zero-order valence-corrected chi connectivity index (χ0v) is 29.8. The minimum atomic E-state index is -3.85. The van der Waals surface area contributed by atoms with E-state index in [2.05, 4.69) is 39.1 Å². The molecule has 12 nitrogen and oxygen atoms in total. The van der Waals surface area contributed by atoms with Crippen molar-refractivity contribution in [2.24, 2.45) is 11.8 Å². The molecule has 2 aliphatic carbocycles. The number of sulfonamides is 1. The summed E-state index contributed by atoms with van der Waals surface area (Å²) in [4.78, 5) is 53.2. The molecule has 2 aliphatic heterocycles. The number of thiazole rings is 1. The molecule has 0 radical (unpaired) electrons. The van der Waals surface area contributed by atoms with E-state index in [1.54, 1.807) is 12.3 Å². The molecule has 0 spiro atoms. The molecule has 2 aromatic heterocycles. The Balaban J connectivity index is 1.23. The highest BCUT2D eigenvalue weighted by Gasteiger charge is 2.62. The lowest BCUT2D eigenvalue weighted by atomic mass is 9.97. The van der Waals surface area contributed by atoms with E-state index in [-0.39, 0.29) is 31.2 Å². The second-order valence-electron chi connectivity index (χ2n) is 13.9. The summed E-state index contributed by atoms with van der Waals surface area (Å²) in [5, 5.41) is 10.0. The van der Waals surface area contributed by atoms with E-state index in [1.807, 2.05) is 43.5 Å². The van der Waals surface area contributed by atoms with Gasteiger partial charge in [-0.2, -0.15) is 0 Å². The molecule has 6 atom stereocenters. The fraction of sp³-hybridized carbons (Fsp3) is 0.472. The highest BCUT2D eigenvalue weighted by atomic mass is 32.2. The van der Waals surface area contributed by atoms with Gasteiger partial charge in [-0.15, -0.1) is 17.9 Å². The molecule has 7 rings (SSSR count). The summed E-state index contributed by atoms with van der Waals surface area (Å²) in [7, 11) is -3.85. The average Bonchev–Trinajstić information content (AvgIpc) is 4.00. The quantitative estimate of drug-likeness (QED) is 0.290. The van der Waals surface area contributed by atoms with Crippen LogP contribution >= 0.6 is 11.3 Å². The first-order valence-corrected chi connectivity index (χ1v) is 19.7. The Morgan fingerprint density at radius 3 is 2.84 bits per heavy atom. The summed E-state index contributed by atoms with van der Waals surface area (Å²) in [6, 6.07) is 6.28. The standard InChI is InChI=1S/C36H42N6O6S2/c1-4-21(3)30-33(44)42-19-26(17-29(42)31(43)40-36(18-24(36)5-2)34(45)41-50(46,47)27-12-13-27)48-32-28-16-22(10-11-23(28)14-15-37-32)8-6-7-9-25-20-49-35(38-25)39-30/h5-6,8,10-11,14-16,20-21,24,26-27,29-30H,2,4,7,9,12-13,17-19H2,1,3H3,(H,38,39)(H,40,43)(H,41,45)/t21-,24-,26-,29+,30+,36-/m1/s1. The molecule has 4 heterocycles. The molecule has 3 N–H and O–H groups in total. The van der Waals surface area contributed by atoms with Crippen molar-refractivity contribution in [1.82, 2.24) is 24.9 Å². The summed E-state index contributed by atoms with van der Waals surface area (Å²) in [6.07, 6.45) is 10.3. The lowest BCUT2D eigenvalue weighted by molar-refractivity contribution is -0.141. The molecule has 3 amide bonds. The third-order valence-electron chi connectivity index (χ3n) is 10.3. The Kier molecular flexibility index (Phi) is 9.18. The maximum Gasteiger partial charge on any atom is 0.259 e. The summed E-state index contributed by atoms with van der Waals surface area (Å²) in [5.74, 6) is -1.80. The van der Waals surface area contributed by atoms with Crippen LogP contribution in [0.15, 0.2) is 54.6 Å². The Labute approximate surface area is 295 Å². The van der Waals surface area contributed by atoms with Crippen LogP contribution in [-0.2, 0) is 30.8 Å². The lowest BCUT2D eigenvalue weighted by Crippen LogP contribution is -2.58. The van der Waals surface area contributed by atoms with Gasteiger partial charge in [-0.3, -0.25) is 19.1 Å². The number of nitrogens with zero attached hydrogens (tertiary/aromatic N) is 3. The van der Waals surface area contributed by atoms with Crippen molar-refractivity contribution in [3.63, 3.8) is 0 Å². The van der Waals surface area contributed by atoms with Gasteiger partial charge in [-0.05, 0) is 61.1 Å². The maximum atomic E-state index is 14.6. The number of benzene rings is 1. The molecule has 14 heteroatoms. The van der Waals surface area contributed by atoms with Crippen LogP contribution in [0.4, 0.5) is 5.13 Å². The zero-order valence-electron chi connectivity index (χ0n) is 28.1. The SMILES string of the molecule is C=C[C@@H]1C[C@]1(NC(=O)[C@@H]1C[C@@H]2CN1C(=O)[C@H]([C@H](C)CC)Nc1nc(cs1)CCC=Cc1ccc3ccnc(c3c1)O2)C(=O)NS(=O)(=O)C1CC1. The third kappa shape index (κ3) is 6.74. The number of carbonyl (C=O) groups excluding carboxylic acids is 3. The molecule has 4 aliphatic rings. The molecule has 2 saturated carbocycles. The van der Waals surface area contributed by atoms with E-state index in [0.29, 0.717) is 30.3 Å². The van der Waals surface area contributed by atoms with Crippen LogP contribution < -0.4 is 20.1 Å². The highest BCUT2D eigenvalue weighted by molar-refractivity contribution is 7.91. The number of hydrogen-bond donors (Lipinski definition) is 3. The summed E-state index contributed by atoms with van der Waals surface area (Å²) >= 11 is 1.44. The Hall–Kier alpha value is -4.30. The Bertz CT molecular complexity index is 1980. The smallest absolute Gasteiger partial charge is 0.259 e. The molecule has 0 unspecified atom stereocenters. The first-order valence-electron chi connectivity index (χ1n) is 17.3. The zero-order chi connectivity index (χ0) is 35.2. The number of anilines is 1. The molecule has 3 aromatic rings. The van der Waals surface area contributed by atoms with Crippen LogP contribution in [0.5, 0.6) is 5.88 Å². The summed E-state index contributed by atoms with van der Waals surface area (Å²) < 4.78 is 34.1. The van der Waals surface area contributed by atoms with E-state index in [1.165, 1.54) is 16.2 Å². The number of aromatic nitrogens is 2. The molecule has 264 valence electrons. The topological polar surface area (TPSA) is 160 Å². The van der Waals surface area contributed by atoms with E-state index < -0.39 is 56.7 Å². The van der Waals surface area contributed by atoms with Gasteiger partial charge < -0.3 is 20.3 Å². The predicted molar refractivity (Wildman–Crippen MR) is 192 cm³/mol. The summed E-state index contributed by atoms with van der Waals surface area (Å²) in [6.45, 7) is 7.89. The van der Waals surface area contributed by atoms with E-state index in [4.69, 9.17) is 9.72 Å². The minimum absolute atomic E-state index is 0.104. The molecule has 1 saturated heterocycles. The van der Waals surface area contributed by atoms with Crippen molar-refractivity contribution < 1.29 is 27.5 Å². The van der Waals surface area contributed by atoms with Crippen LogP contribution in [0.1, 0.15) is 63.6 Å². The van der Waals surface area contributed by atoms with Crippen molar-refractivity contribution in [2.45, 2.75) is 87.8 Å². The number of fused-ring (bicyclic) bond motifs is 5. The number of carbonyl (C=O) groups is 3. The second-order valence-corrected chi connectivity index (χ2v) is 16.7. The molecular weight excluding hydrogens is 677 g/mol. The number of pyridine rings is 1. The van der Waals surface area contributed by atoms with Crippen molar-refractivity contribution in [1.29, 1.82) is 0 Å². The largest absolute Gasteiger partial charge is 0.472 e. The van der Waals surface area contributed by atoms with Crippen molar-refractivity contribution in [3.05, 3.63) is 65.8 Å². The monoisotopic (exact) mass is 718 g/mol. The van der Waals surface area contributed by atoms with Gasteiger partial charge in [0.25, 0.3) is 5.91 Å². The van der Waals surface area contributed by atoms with Crippen LogP contribution in [0.3, 0.4) is 0 Å². The van der Waals surface area contributed by atoms with Gasteiger partial charge in [-0.25, -0.2) is 18.4 Å². The van der Waals surface area contributed by atoms with Crippen LogP contribution in [0, 0.1) is 11.8 Å². The first-order chi connectivity index (χ1) is 24.0. The van der Waals surface area contributed by atoms with Crippen molar-refractivity contribution in [3.8, 4) is 5.88 Å². The first kappa shape index (κ1) is 34.2. The minimum Gasteiger partial charge on any atom is -0.472 e. The summed E-state index contributed by atoms with van der Waals surface area (Å²) in [5.41, 5.74) is 0.430. The number of rotatable bonds is 8. The molecule has 1 aromatic carbocycles. The van der Waals surface area contributed by atoms with Gasteiger partial charge >= 0.3 is 0 Å². The number of nitrogens with one attached hydrogen (secondary N) is 3. The third-order valence-corrected chi connectivity index (χ3v) is 13.0. The van der Waals surface area contributed by atoms with Gasteiger partial charge in [0.2, 0.25) is 27.7 Å². The maximum absolute atomic E-state index is 14.6. The van der Waals surface area contributed by atoms with Crippen LogP contribution in [0.2, 0.25) is 0 Å². The Morgan fingerprint density at radius 1 is 1.28 bits per heavy atom. The second kappa shape index (κ2) is 13.4. The van der Waals surface area contributed by atoms with E-state index >= 15 is 0 Å². The van der Waals surface area contributed by atoms with Crippen LogP contribution in [0.25, 0.3) is 16.8 Å². The normalized spacial score (nSPS) is 27.1. The van der Waals surface area contributed by atoms with Gasteiger partial charge in [0.05, 0.1) is 17.5 Å². The molecular formula is C36H42N6O6S2. The van der Waals surface area contributed by atoms with Gasteiger partial charge in [0.1, 0.15) is 23.7 Å². The highest BCUT2D eigenvalue weighted by Crippen LogP contribution is 2.45. The van der Waals surface area contributed by atoms with Crippen molar-refractivity contribution >= 4 is 61.1 Å².